The van der Waals surface area contributed by atoms with Gasteiger partial charge in [0.05, 0.1) is 7.11 Å². The van der Waals surface area contributed by atoms with Gasteiger partial charge < -0.3 is 9.47 Å². The van der Waals surface area contributed by atoms with Crippen LogP contribution >= 0.6 is 11.3 Å². The lowest BCUT2D eigenvalue weighted by atomic mass is 10.2. The molecule has 2 aromatic carbocycles. The van der Waals surface area contributed by atoms with E-state index in [9.17, 15) is 0 Å². The molecule has 0 N–H and O–H groups in total. The Hall–Kier alpha value is -2.00. The molecule has 1 aromatic heterocycles. The molecule has 3 rings (SSSR count). The Morgan fingerprint density at radius 1 is 1.00 bits per heavy atom. The van der Waals surface area contributed by atoms with Gasteiger partial charge in [-0.15, -0.1) is 11.3 Å². The van der Waals surface area contributed by atoms with Crippen LogP contribution in [0.4, 0.5) is 0 Å². The van der Waals surface area contributed by atoms with Gasteiger partial charge in [0.2, 0.25) is 0 Å². The van der Waals surface area contributed by atoms with Gasteiger partial charge in [-0.25, -0.2) is 0 Å². The monoisotopic (exact) mass is 284 g/mol. The smallest absolute Gasteiger partial charge is 0.123 e. The van der Waals surface area contributed by atoms with E-state index in [1.807, 2.05) is 24.3 Å². The first-order valence-electron chi connectivity index (χ1n) is 6.50. The normalized spacial score (nSPS) is 10.7. The number of benzene rings is 2. The first-order chi connectivity index (χ1) is 9.74. The topological polar surface area (TPSA) is 18.5 Å². The van der Waals surface area contributed by atoms with E-state index in [1.54, 1.807) is 18.4 Å². The van der Waals surface area contributed by atoms with Crippen LogP contribution in [0.2, 0.25) is 0 Å². The maximum absolute atomic E-state index is 5.82. The van der Waals surface area contributed by atoms with Crippen molar-refractivity contribution in [1.82, 2.24) is 0 Å². The van der Waals surface area contributed by atoms with Gasteiger partial charge in [-0.2, -0.15) is 0 Å². The van der Waals surface area contributed by atoms with E-state index >= 15 is 0 Å². The second kappa shape index (κ2) is 5.55. The molecule has 0 bridgehead atoms. The maximum atomic E-state index is 5.82. The summed E-state index contributed by atoms with van der Waals surface area (Å²) in [6.45, 7) is 2.71. The van der Waals surface area contributed by atoms with Gasteiger partial charge in [0.15, 0.2) is 0 Å². The van der Waals surface area contributed by atoms with Gasteiger partial charge >= 0.3 is 0 Å². The average Bonchev–Trinajstić information content (AvgIpc) is 2.87. The van der Waals surface area contributed by atoms with Gasteiger partial charge in [-0.3, -0.25) is 0 Å². The Labute approximate surface area is 122 Å². The molecule has 3 aromatic rings. The fraction of sp³-hybridized carbons (Fsp3) is 0.176. The van der Waals surface area contributed by atoms with Gasteiger partial charge in [-0.05, 0) is 42.1 Å². The van der Waals surface area contributed by atoms with Crippen LogP contribution in [0.1, 0.15) is 10.4 Å². The lowest BCUT2D eigenvalue weighted by molar-refractivity contribution is 0.307. The third-order valence-electron chi connectivity index (χ3n) is 3.15. The zero-order valence-corrected chi connectivity index (χ0v) is 12.4. The number of rotatable bonds is 4. The van der Waals surface area contributed by atoms with Crippen molar-refractivity contribution in [2.24, 2.45) is 0 Å². The summed E-state index contributed by atoms with van der Waals surface area (Å²) in [5.74, 6) is 1.65. The highest BCUT2D eigenvalue weighted by Crippen LogP contribution is 2.28. The van der Waals surface area contributed by atoms with Crippen molar-refractivity contribution in [2.75, 3.05) is 7.11 Å². The van der Waals surface area contributed by atoms with Crippen LogP contribution in [0, 0.1) is 6.92 Å². The van der Waals surface area contributed by atoms with Gasteiger partial charge in [0.25, 0.3) is 0 Å². The van der Waals surface area contributed by atoms with E-state index in [0.717, 1.165) is 11.5 Å². The summed E-state index contributed by atoms with van der Waals surface area (Å²) in [6.07, 6.45) is 0. The minimum atomic E-state index is 0.589. The Morgan fingerprint density at radius 3 is 2.70 bits per heavy atom. The number of methoxy groups -OCH3 is 1. The van der Waals surface area contributed by atoms with Gasteiger partial charge in [0, 0.05) is 15.6 Å². The number of aryl methyl sites for hydroxylation is 1. The van der Waals surface area contributed by atoms with E-state index < -0.39 is 0 Å². The molecule has 0 saturated heterocycles. The molecule has 0 radical (unpaired) electrons. The second-order valence-corrected chi connectivity index (χ2v) is 5.89. The van der Waals surface area contributed by atoms with E-state index in [4.69, 9.17) is 9.47 Å². The molecule has 0 unspecified atom stereocenters. The molecular weight excluding hydrogens is 268 g/mol. The van der Waals surface area contributed by atoms with Crippen LogP contribution < -0.4 is 9.47 Å². The predicted octanol–water partition coefficient (Wildman–Crippen LogP) is 4.80. The molecule has 102 valence electrons. The summed E-state index contributed by atoms with van der Waals surface area (Å²) in [7, 11) is 1.66. The van der Waals surface area contributed by atoms with Crippen LogP contribution in [0.15, 0.2) is 48.5 Å². The molecule has 20 heavy (non-hydrogen) atoms. The molecule has 3 heteroatoms. The first-order valence-corrected chi connectivity index (χ1v) is 7.32. The number of thiophene rings is 1. The Kier molecular flexibility index (Phi) is 3.61. The van der Waals surface area contributed by atoms with Crippen molar-refractivity contribution in [3.8, 4) is 11.5 Å². The number of hydrogen-bond donors (Lipinski definition) is 0. The standard InChI is InChI=1S/C17H16O2S/c1-12-6-7-13-9-16(20-17(13)8-12)11-19-15-5-3-4-14(10-15)18-2/h3-10H,11H2,1-2H3. The summed E-state index contributed by atoms with van der Waals surface area (Å²) < 4.78 is 12.3. The molecule has 0 aliphatic carbocycles. The molecule has 0 saturated carbocycles. The van der Waals surface area contributed by atoms with E-state index in [1.165, 1.54) is 20.5 Å². The maximum Gasteiger partial charge on any atom is 0.123 e. The van der Waals surface area contributed by atoms with Crippen LogP contribution in [0.25, 0.3) is 10.1 Å². The van der Waals surface area contributed by atoms with Crippen molar-refractivity contribution in [3.05, 3.63) is 59.0 Å². The molecule has 0 aliphatic heterocycles. The van der Waals surface area contributed by atoms with Crippen molar-refractivity contribution in [1.29, 1.82) is 0 Å². The molecule has 2 nitrogen and oxygen atoms in total. The third-order valence-corrected chi connectivity index (χ3v) is 4.22. The highest BCUT2D eigenvalue weighted by Gasteiger charge is 2.03. The highest BCUT2D eigenvalue weighted by atomic mass is 32.1. The third kappa shape index (κ3) is 2.78. The number of ether oxygens (including phenoxy) is 2. The van der Waals surface area contributed by atoms with Crippen LogP contribution in [-0.2, 0) is 6.61 Å². The summed E-state index contributed by atoms with van der Waals surface area (Å²) in [5.41, 5.74) is 1.29. The number of fused-ring (bicyclic) bond motifs is 1. The minimum absolute atomic E-state index is 0.589. The highest BCUT2D eigenvalue weighted by molar-refractivity contribution is 7.19. The van der Waals surface area contributed by atoms with Crippen molar-refractivity contribution < 1.29 is 9.47 Å². The summed E-state index contributed by atoms with van der Waals surface area (Å²) in [4.78, 5) is 1.23. The quantitative estimate of drug-likeness (QED) is 0.685. The van der Waals surface area contributed by atoms with Crippen molar-refractivity contribution in [2.45, 2.75) is 13.5 Å². The second-order valence-electron chi connectivity index (χ2n) is 4.72. The number of hydrogen-bond acceptors (Lipinski definition) is 3. The van der Waals surface area contributed by atoms with E-state index in [-0.39, 0.29) is 0 Å². The zero-order valence-electron chi connectivity index (χ0n) is 11.6. The summed E-state index contributed by atoms with van der Waals surface area (Å²) in [5, 5.41) is 1.28. The molecule has 0 amide bonds. The molecule has 0 fully saturated rings. The molecular formula is C17H16O2S. The van der Waals surface area contributed by atoms with Gasteiger partial charge in [-0.1, -0.05) is 18.2 Å². The van der Waals surface area contributed by atoms with E-state index in [0.29, 0.717) is 6.61 Å². The van der Waals surface area contributed by atoms with Gasteiger partial charge in [0.1, 0.15) is 18.1 Å². The SMILES string of the molecule is COc1cccc(OCc2cc3ccc(C)cc3s2)c1. The largest absolute Gasteiger partial charge is 0.497 e. The lowest BCUT2D eigenvalue weighted by Gasteiger charge is -2.06. The van der Waals surface area contributed by atoms with Crippen LogP contribution in [-0.4, -0.2) is 7.11 Å². The van der Waals surface area contributed by atoms with E-state index in [2.05, 4.69) is 31.2 Å². The zero-order chi connectivity index (χ0) is 13.9. The van der Waals surface area contributed by atoms with Crippen LogP contribution in [0.3, 0.4) is 0 Å². The Bertz CT molecular complexity index is 731. The average molecular weight is 284 g/mol. The Balaban J connectivity index is 1.76. The molecule has 1 heterocycles. The first kappa shape index (κ1) is 13.0. The summed E-state index contributed by atoms with van der Waals surface area (Å²) >= 11 is 1.78. The van der Waals surface area contributed by atoms with Crippen molar-refractivity contribution >= 4 is 21.4 Å². The predicted molar refractivity (Wildman–Crippen MR) is 83.9 cm³/mol. The molecule has 0 spiro atoms. The fourth-order valence-electron chi connectivity index (χ4n) is 2.11. The molecule has 0 aliphatic rings. The Morgan fingerprint density at radius 2 is 1.85 bits per heavy atom. The summed E-state index contributed by atoms with van der Waals surface area (Å²) in [6, 6.07) is 16.4. The fourth-order valence-corrected chi connectivity index (χ4v) is 3.19. The minimum Gasteiger partial charge on any atom is -0.497 e. The lowest BCUT2D eigenvalue weighted by Crippen LogP contribution is -1.93. The van der Waals surface area contributed by atoms with Crippen molar-refractivity contribution in [3.63, 3.8) is 0 Å². The molecule has 0 atom stereocenters. The van der Waals surface area contributed by atoms with Crippen LogP contribution in [0.5, 0.6) is 11.5 Å².